The summed E-state index contributed by atoms with van der Waals surface area (Å²) in [5.41, 5.74) is 2.36. The molecule has 0 atom stereocenters. The average Bonchev–Trinajstić information content (AvgIpc) is 2.84. The fourth-order valence-electron chi connectivity index (χ4n) is 4.27. The molecule has 148 valence electrons. The molecule has 30 heavy (non-hydrogen) atoms. The van der Waals surface area contributed by atoms with Crippen LogP contribution in [0.4, 0.5) is 5.82 Å². The molecule has 1 N–H and O–H groups in total. The number of fused-ring (bicyclic) bond motifs is 1. The first-order chi connectivity index (χ1) is 14.9. The quantitative estimate of drug-likeness (QED) is 0.500. The third kappa shape index (κ3) is 3.49. The maximum Gasteiger partial charge on any atom is 0.129 e. The molecule has 5 rings (SSSR count). The Hall–Kier alpha value is -3.09. The normalized spacial score (nSPS) is 13.2. The van der Waals surface area contributed by atoms with Crippen LogP contribution < -0.4 is 21.2 Å². The molecule has 0 aliphatic carbocycles. The van der Waals surface area contributed by atoms with Crippen molar-refractivity contribution in [1.29, 1.82) is 0 Å². The van der Waals surface area contributed by atoms with E-state index in [9.17, 15) is 0 Å². The van der Waals surface area contributed by atoms with Crippen LogP contribution in [0, 0.1) is 0 Å². The minimum atomic E-state index is -2.03. The molecule has 0 saturated carbocycles. The zero-order valence-corrected chi connectivity index (χ0v) is 17.8. The Labute approximate surface area is 178 Å². The highest BCUT2D eigenvalue weighted by Gasteiger charge is 2.25. The van der Waals surface area contributed by atoms with Gasteiger partial charge in [0.25, 0.3) is 0 Å². The van der Waals surface area contributed by atoms with Crippen LogP contribution in [0.2, 0.25) is 0 Å². The SMILES string of the molecule is C(c1ccc2c(n1)NCCC2)=P(c1ccccc1)(c1ccccc1)c1ccccc1. The number of nitrogens with one attached hydrogen (secondary N) is 1. The first kappa shape index (κ1) is 18.9. The fourth-order valence-corrected chi connectivity index (χ4v) is 8.08. The van der Waals surface area contributed by atoms with Crippen LogP contribution in [0.25, 0.3) is 0 Å². The topological polar surface area (TPSA) is 24.9 Å². The summed E-state index contributed by atoms with van der Waals surface area (Å²) in [5.74, 6) is 3.48. The van der Waals surface area contributed by atoms with Crippen LogP contribution >= 0.6 is 6.89 Å². The lowest BCUT2D eigenvalue weighted by Gasteiger charge is -2.29. The van der Waals surface area contributed by atoms with E-state index in [1.807, 2.05) is 0 Å². The second kappa shape index (κ2) is 8.34. The van der Waals surface area contributed by atoms with E-state index in [4.69, 9.17) is 4.98 Å². The summed E-state index contributed by atoms with van der Waals surface area (Å²) in [6, 6.07) is 37.2. The highest BCUT2D eigenvalue weighted by Crippen LogP contribution is 2.44. The lowest BCUT2D eigenvalue weighted by Crippen LogP contribution is -2.27. The molecule has 3 heteroatoms. The zero-order chi connectivity index (χ0) is 20.2. The van der Waals surface area contributed by atoms with Gasteiger partial charge in [-0.25, -0.2) is 4.98 Å². The number of pyridine rings is 1. The Morgan fingerprint density at radius 2 is 1.20 bits per heavy atom. The highest BCUT2D eigenvalue weighted by atomic mass is 31.2. The minimum absolute atomic E-state index is 1.000. The van der Waals surface area contributed by atoms with Crippen LogP contribution in [0.15, 0.2) is 103 Å². The van der Waals surface area contributed by atoms with Crippen molar-refractivity contribution in [1.82, 2.24) is 4.98 Å². The number of benzene rings is 3. The molecule has 3 aromatic carbocycles. The van der Waals surface area contributed by atoms with Gasteiger partial charge in [-0.3, -0.25) is 0 Å². The number of aromatic nitrogens is 1. The smallest absolute Gasteiger partial charge is 0.129 e. The summed E-state index contributed by atoms with van der Waals surface area (Å²) in [5, 5.41) is 7.52. The molecule has 0 bridgehead atoms. The van der Waals surface area contributed by atoms with Gasteiger partial charge in [-0.15, -0.1) is 0 Å². The third-order valence-electron chi connectivity index (χ3n) is 5.73. The molecule has 1 aliphatic rings. The molecule has 0 spiro atoms. The van der Waals surface area contributed by atoms with Crippen LogP contribution in [-0.2, 0) is 6.42 Å². The van der Waals surface area contributed by atoms with E-state index >= 15 is 0 Å². The van der Waals surface area contributed by atoms with Gasteiger partial charge < -0.3 is 5.32 Å². The van der Waals surface area contributed by atoms with E-state index in [2.05, 4.69) is 114 Å². The number of hydrogen-bond donors (Lipinski definition) is 1. The van der Waals surface area contributed by atoms with Gasteiger partial charge in [-0.05, 0) is 53.1 Å². The van der Waals surface area contributed by atoms with E-state index < -0.39 is 6.89 Å². The molecule has 0 amide bonds. The lowest BCUT2D eigenvalue weighted by molar-refractivity contribution is 0.817. The molecule has 0 unspecified atom stereocenters. The minimum Gasteiger partial charge on any atom is -0.370 e. The summed E-state index contributed by atoms with van der Waals surface area (Å²) >= 11 is 0. The van der Waals surface area contributed by atoms with Gasteiger partial charge in [-0.1, -0.05) is 97.1 Å². The van der Waals surface area contributed by atoms with Crippen LogP contribution in [0.3, 0.4) is 0 Å². The Bertz CT molecular complexity index is 1080. The van der Waals surface area contributed by atoms with Gasteiger partial charge in [0.2, 0.25) is 0 Å². The maximum atomic E-state index is 5.04. The Balaban J connectivity index is 1.83. The maximum absolute atomic E-state index is 5.04. The molecule has 2 nitrogen and oxygen atoms in total. The molecular weight excluding hydrogens is 383 g/mol. The molecular formula is C27H25N2P. The van der Waals surface area contributed by atoms with E-state index in [0.29, 0.717) is 0 Å². The summed E-state index contributed by atoms with van der Waals surface area (Å²) < 4.78 is 0. The first-order valence-electron chi connectivity index (χ1n) is 10.5. The molecule has 2 heterocycles. The van der Waals surface area contributed by atoms with Crippen molar-refractivity contribution in [2.45, 2.75) is 12.8 Å². The molecule has 0 fully saturated rings. The van der Waals surface area contributed by atoms with Crippen molar-refractivity contribution in [3.05, 3.63) is 114 Å². The highest BCUT2D eigenvalue weighted by molar-refractivity contribution is 7.94. The van der Waals surface area contributed by atoms with Gasteiger partial charge in [0, 0.05) is 6.54 Å². The number of rotatable bonds is 4. The van der Waals surface area contributed by atoms with Crippen molar-refractivity contribution in [3.63, 3.8) is 0 Å². The number of aryl methyl sites for hydroxylation is 1. The second-order valence-electron chi connectivity index (χ2n) is 7.63. The largest absolute Gasteiger partial charge is 0.370 e. The van der Waals surface area contributed by atoms with Crippen molar-refractivity contribution < 1.29 is 0 Å². The van der Waals surface area contributed by atoms with Gasteiger partial charge in [0.1, 0.15) is 5.82 Å². The summed E-state index contributed by atoms with van der Waals surface area (Å²) in [6.45, 7) is -1.03. The van der Waals surface area contributed by atoms with E-state index in [1.54, 1.807) is 0 Å². The van der Waals surface area contributed by atoms with Crippen LogP contribution in [-0.4, -0.2) is 17.3 Å². The first-order valence-corrected chi connectivity index (χ1v) is 12.4. The van der Waals surface area contributed by atoms with Crippen LogP contribution in [0.5, 0.6) is 0 Å². The number of anilines is 1. The zero-order valence-electron chi connectivity index (χ0n) is 16.9. The molecule has 1 aliphatic heterocycles. The average molecular weight is 408 g/mol. The molecule has 1 aromatic heterocycles. The second-order valence-corrected chi connectivity index (χ2v) is 10.9. The standard InChI is InChI=1S/C27H25N2P/c1-4-12-24(13-5-1)30(25-14-6-2-7-15-25,26-16-8-3-9-17-26)21-23-19-18-22-11-10-20-28-27(22)29-23/h1-9,12-19,21H,10-11,20H2,(H,28,29). The van der Waals surface area contributed by atoms with E-state index in [1.165, 1.54) is 27.9 Å². The van der Waals surface area contributed by atoms with Crippen molar-refractivity contribution in [3.8, 4) is 0 Å². The van der Waals surface area contributed by atoms with Gasteiger partial charge in [0.15, 0.2) is 0 Å². The summed E-state index contributed by atoms with van der Waals surface area (Å²) in [7, 11) is 0. The molecule has 0 saturated heterocycles. The third-order valence-corrected chi connectivity index (χ3v) is 9.72. The van der Waals surface area contributed by atoms with Gasteiger partial charge >= 0.3 is 0 Å². The number of hydrogen-bond acceptors (Lipinski definition) is 2. The van der Waals surface area contributed by atoms with Crippen molar-refractivity contribution in [2.24, 2.45) is 0 Å². The van der Waals surface area contributed by atoms with E-state index in [-0.39, 0.29) is 0 Å². The fraction of sp³-hybridized carbons (Fsp3) is 0.111. The molecule has 4 aromatic rings. The lowest BCUT2D eigenvalue weighted by atomic mass is 10.1. The van der Waals surface area contributed by atoms with Crippen molar-refractivity contribution in [2.75, 3.05) is 11.9 Å². The van der Waals surface area contributed by atoms with E-state index in [0.717, 1.165) is 24.5 Å². The number of nitrogens with zero attached hydrogens (tertiary/aromatic N) is 1. The van der Waals surface area contributed by atoms with Gasteiger partial charge in [0.05, 0.1) is 5.69 Å². The monoisotopic (exact) mass is 408 g/mol. The van der Waals surface area contributed by atoms with Crippen LogP contribution in [0.1, 0.15) is 17.7 Å². The predicted molar refractivity (Wildman–Crippen MR) is 131 cm³/mol. The Kier molecular flexibility index (Phi) is 5.26. The Morgan fingerprint density at radius 1 is 0.667 bits per heavy atom. The van der Waals surface area contributed by atoms with Crippen molar-refractivity contribution >= 4 is 34.4 Å². The Morgan fingerprint density at radius 3 is 1.73 bits per heavy atom. The van der Waals surface area contributed by atoms with Gasteiger partial charge in [-0.2, -0.15) is 0 Å². The summed E-state index contributed by atoms with van der Waals surface area (Å²) in [6.07, 6.45) is 2.28. The summed E-state index contributed by atoms with van der Waals surface area (Å²) in [4.78, 5) is 5.04. The molecule has 0 radical (unpaired) electrons. The predicted octanol–water partition coefficient (Wildman–Crippen LogP) is 4.58.